The molecule has 2 bridgehead atoms. The summed E-state index contributed by atoms with van der Waals surface area (Å²) in [6.07, 6.45) is 3.44. The molecule has 2 aliphatic rings. The van der Waals surface area contributed by atoms with E-state index in [0.29, 0.717) is 5.92 Å². The molecule has 2 fully saturated rings. The second kappa shape index (κ2) is 3.87. The van der Waals surface area contributed by atoms with Gasteiger partial charge in [0.2, 0.25) is 0 Å². The molecule has 1 nitrogen and oxygen atoms in total. The van der Waals surface area contributed by atoms with E-state index in [1.807, 2.05) is 30.3 Å². The Labute approximate surface area is 116 Å². The lowest BCUT2D eigenvalue weighted by Crippen LogP contribution is -2.53. The summed E-state index contributed by atoms with van der Waals surface area (Å²) < 4.78 is 0. The van der Waals surface area contributed by atoms with Gasteiger partial charge in [-0.15, -0.1) is 0 Å². The zero-order valence-electron chi connectivity index (χ0n) is 12.0. The van der Waals surface area contributed by atoms with Crippen molar-refractivity contribution >= 4 is 0 Å². The van der Waals surface area contributed by atoms with Crippen molar-refractivity contribution in [1.82, 2.24) is 0 Å². The molecule has 0 aromatic heterocycles. The lowest BCUT2D eigenvalue weighted by molar-refractivity contribution is -0.0953. The highest BCUT2D eigenvalue weighted by Gasteiger charge is 2.68. The van der Waals surface area contributed by atoms with Crippen LogP contribution in [0.5, 0.6) is 0 Å². The van der Waals surface area contributed by atoms with Gasteiger partial charge in [-0.25, -0.2) is 0 Å². The second-order valence-corrected chi connectivity index (χ2v) is 7.05. The van der Waals surface area contributed by atoms with Crippen LogP contribution in [-0.4, -0.2) is 10.7 Å². The molecule has 3 atom stereocenters. The summed E-state index contributed by atoms with van der Waals surface area (Å²) >= 11 is 0. The molecule has 1 N–H and O–H groups in total. The van der Waals surface area contributed by atoms with E-state index in [1.54, 1.807) is 0 Å². The van der Waals surface area contributed by atoms with Crippen LogP contribution in [0.25, 0.3) is 0 Å². The van der Waals surface area contributed by atoms with E-state index in [4.69, 9.17) is 0 Å². The fraction of sp³-hybridized carbons (Fsp3) is 0.556. The van der Waals surface area contributed by atoms with Gasteiger partial charge in [0.15, 0.2) is 0 Å². The van der Waals surface area contributed by atoms with Crippen molar-refractivity contribution in [1.29, 1.82) is 0 Å². The minimum atomic E-state index is -0.862. The summed E-state index contributed by atoms with van der Waals surface area (Å²) in [5, 5.41) is 11.3. The Kier molecular flexibility index (Phi) is 2.60. The molecule has 0 heterocycles. The standard InChI is InChI=1S/C18H22O/c1-16(2)15-10-11-17(3,13-15)18(16,19)12-9-14-7-5-4-6-8-14/h4-8,15,19H,10-11,13H2,1-3H3. The Bertz CT molecular complexity index is 541. The summed E-state index contributed by atoms with van der Waals surface area (Å²) in [7, 11) is 0. The third-order valence-electron chi connectivity index (χ3n) is 5.73. The number of hydrogen-bond donors (Lipinski definition) is 1. The molecular weight excluding hydrogens is 232 g/mol. The number of hydrogen-bond acceptors (Lipinski definition) is 1. The molecule has 2 saturated carbocycles. The third-order valence-corrected chi connectivity index (χ3v) is 5.73. The van der Waals surface area contributed by atoms with Crippen LogP contribution in [-0.2, 0) is 0 Å². The lowest BCUT2D eigenvalue weighted by Gasteiger charge is -2.47. The highest BCUT2D eigenvalue weighted by molar-refractivity contribution is 5.40. The largest absolute Gasteiger partial charge is 0.376 e. The van der Waals surface area contributed by atoms with E-state index in [0.717, 1.165) is 18.4 Å². The molecule has 1 aromatic rings. The predicted octanol–water partition coefficient (Wildman–Crippen LogP) is 3.62. The second-order valence-electron chi connectivity index (χ2n) is 7.05. The number of fused-ring (bicyclic) bond motifs is 2. The van der Waals surface area contributed by atoms with Crippen molar-refractivity contribution in [2.75, 3.05) is 0 Å². The number of benzene rings is 1. The molecule has 1 heteroatoms. The van der Waals surface area contributed by atoms with E-state index < -0.39 is 5.60 Å². The molecule has 0 aliphatic heterocycles. The van der Waals surface area contributed by atoms with Gasteiger partial charge in [-0.1, -0.05) is 50.8 Å². The van der Waals surface area contributed by atoms with Crippen molar-refractivity contribution in [3.05, 3.63) is 35.9 Å². The summed E-state index contributed by atoms with van der Waals surface area (Å²) in [4.78, 5) is 0. The van der Waals surface area contributed by atoms with Crippen LogP contribution in [0.15, 0.2) is 30.3 Å². The molecule has 0 spiro atoms. The van der Waals surface area contributed by atoms with Crippen molar-refractivity contribution in [2.45, 2.75) is 45.6 Å². The summed E-state index contributed by atoms with van der Waals surface area (Å²) in [6.45, 7) is 6.57. The van der Waals surface area contributed by atoms with E-state index in [-0.39, 0.29) is 10.8 Å². The predicted molar refractivity (Wildman–Crippen MR) is 77.5 cm³/mol. The third kappa shape index (κ3) is 1.60. The first-order valence-electron chi connectivity index (χ1n) is 7.20. The highest BCUT2D eigenvalue weighted by atomic mass is 16.3. The van der Waals surface area contributed by atoms with Crippen LogP contribution < -0.4 is 0 Å². The van der Waals surface area contributed by atoms with Crippen LogP contribution in [0.4, 0.5) is 0 Å². The Morgan fingerprint density at radius 3 is 2.42 bits per heavy atom. The normalized spacial score (nSPS) is 38.8. The van der Waals surface area contributed by atoms with Gasteiger partial charge in [-0.2, -0.15) is 0 Å². The van der Waals surface area contributed by atoms with Crippen molar-refractivity contribution < 1.29 is 5.11 Å². The van der Waals surface area contributed by atoms with Crippen LogP contribution in [0.2, 0.25) is 0 Å². The maximum absolute atomic E-state index is 11.3. The quantitative estimate of drug-likeness (QED) is 0.701. The average Bonchev–Trinajstić information content (AvgIpc) is 2.86. The monoisotopic (exact) mass is 254 g/mol. The van der Waals surface area contributed by atoms with Crippen LogP contribution in [0.3, 0.4) is 0 Å². The maximum Gasteiger partial charge on any atom is 0.136 e. The lowest BCUT2D eigenvalue weighted by atomic mass is 9.60. The maximum atomic E-state index is 11.3. The van der Waals surface area contributed by atoms with Gasteiger partial charge in [-0.3, -0.25) is 0 Å². The average molecular weight is 254 g/mol. The molecule has 0 saturated heterocycles. The molecule has 100 valence electrons. The molecule has 2 aliphatic carbocycles. The van der Waals surface area contributed by atoms with Gasteiger partial charge in [0.05, 0.1) is 0 Å². The van der Waals surface area contributed by atoms with Gasteiger partial charge in [0, 0.05) is 16.4 Å². The Morgan fingerprint density at radius 1 is 1.16 bits per heavy atom. The Morgan fingerprint density at radius 2 is 1.84 bits per heavy atom. The SMILES string of the molecule is CC12CCC(C1)C(C)(C)C2(O)C#Cc1ccccc1. The molecule has 19 heavy (non-hydrogen) atoms. The topological polar surface area (TPSA) is 20.2 Å². The van der Waals surface area contributed by atoms with Gasteiger partial charge < -0.3 is 5.11 Å². The summed E-state index contributed by atoms with van der Waals surface area (Å²) in [5.41, 5.74) is -0.0261. The number of rotatable bonds is 0. The fourth-order valence-corrected chi connectivity index (χ4v) is 4.25. The molecule has 3 rings (SSSR count). The smallest absolute Gasteiger partial charge is 0.136 e. The first-order valence-corrected chi connectivity index (χ1v) is 7.20. The van der Waals surface area contributed by atoms with E-state index >= 15 is 0 Å². The number of aliphatic hydroxyl groups is 1. The Hall–Kier alpha value is -1.26. The zero-order chi connectivity index (χ0) is 13.7. The molecule has 0 amide bonds. The van der Waals surface area contributed by atoms with Gasteiger partial charge in [0.1, 0.15) is 5.60 Å². The van der Waals surface area contributed by atoms with Crippen molar-refractivity contribution in [2.24, 2.45) is 16.7 Å². The molecule has 3 unspecified atom stereocenters. The van der Waals surface area contributed by atoms with Gasteiger partial charge in [-0.05, 0) is 37.3 Å². The molecule has 0 radical (unpaired) electrons. The fourth-order valence-electron chi connectivity index (χ4n) is 4.25. The zero-order valence-corrected chi connectivity index (χ0v) is 12.0. The van der Waals surface area contributed by atoms with Crippen molar-refractivity contribution in [3.8, 4) is 11.8 Å². The minimum absolute atomic E-state index is 0.0387. The van der Waals surface area contributed by atoms with Crippen molar-refractivity contribution in [3.63, 3.8) is 0 Å². The Balaban J connectivity index is 2.02. The summed E-state index contributed by atoms with van der Waals surface area (Å²) in [6, 6.07) is 9.96. The van der Waals surface area contributed by atoms with Crippen LogP contribution in [0, 0.1) is 28.6 Å². The highest BCUT2D eigenvalue weighted by Crippen LogP contribution is 2.67. The van der Waals surface area contributed by atoms with E-state index in [9.17, 15) is 5.11 Å². The van der Waals surface area contributed by atoms with Gasteiger partial charge in [0.25, 0.3) is 0 Å². The minimum Gasteiger partial charge on any atom is -0.376 e. The first-order chi connectivity index (χ1) is 8.89. The first kappa shape index (κ1) is 12.8. The van der Waals surface area contributed by atoms with Gasteiger partial charge >= 0.3 is 0 Å². The van der Waals surface area contributed by atoms with Crippen LogP contribution >= 0.6 is 0 Å². The molecular formula is C18H22O. The summed E-state index contributed by atoms with van der Waals surface area (Å²) in [5.74, 6) is 7.04. The van der Waals surface area contributed by atoms with Crippen LogP contribution in [0.1, 0.15) is 45.6 Å². The molecule has 1 aromatic carbocycles. The van der Waals surface area contributed by atoms with E-state index in [2.05, 4.69) is 32.6 Å². The van der Waals surface area contributed by atoms with E-state index in [1.165, 1.54) is 6.42 Å².